The van der Waals surface area contributed by atoms with Crippen LogP contribution in [0.4, 0.5) is 17.6 Å². The number of hydrogen-bond donors (Lipinski definition) is 0. The van der Waals surface area contributed by atoms with Crippen LogP contribution in [-0.4, -0.2) is 5.78 Å². The van der Waals surface area contributed by atoms with Crippen molar-refractivity contribution in [2.45, 2.75) is 13.1 Å². The lowest BCUT2D eigenvalue weighted by molar-refractivity contribution is -0.137. The third-order valence-corrected chi connectivity index (χ3v) is 2.81. The normalized spacial score (nSPS) is 11.4. The molecule has 0 amide bonds. The third-order valence-electron chi connectivity index (χ3n) is 2.81. The van der Waals surface area contributed by atoms with Crippen LogP contribution in [0.2, 0.25) is 0 Å². The van der Waals surface area contributed by atoms with Crippen LogP contribution in [0.3, 0.4) is 0 Å². The average molecular weight is 282 g/mol. The molecule has 5 heteroatoms. The fourth-order valence-corrected chi connectivity index (χ4v) is 1.89. The molecule has 20 heavy (non-hydrogen) atoms. The lowest BCUT2D eigenvalue weighted by Gasteiger charge is -2.12. The maximum Gasteiger partial charge on any atom is 0.417 e. The summed E-state index contributed by atoms with van der Waals surface area (Å²) in [5.74, 6) is -1.73. The molecule has 1 nitrogen and oxygen atoms in total. The molecular formula is C15H10F4O. The highest BCUT2D eigenvalue weighted by Gasteiger charge is 2.35. The van der Waals surface area contributed by atoms with Gasteiger partial charge in [-0.25, -0.2) is 4.39 Å². The lowest BCUT2D eigenvalue weighted by Crippen LogP contribution is -2.14. The van der Waals surface area contributed by atoms with Crippen LogP contribution in [-0.2, 0) is 6.18 Å². The summed E-state index contributed by atoms with van der Waals surface area (Å²) in [5, 5.41) is 0. The Hall–Kier alpha value is -2.17. The van der Waals surface area contributed by atoms with Crippen LogP contribution >= 0.6 is 0 Å². The van der Waals surface area contributed by atoms with Crippen molar-refractivity contribution >= 4 is 5.78 Å². The van der Waals surface area contributed by atoms with Gasteiger partial charge in [-0.3, -0.25) is 4.79 Å². The minimum atomic E-state index is -4.71. The van der Waals surface area contributed by atoms with Gasteiger partial charge in [-0.15, -0.1) is 0 Å². The molecule has 104 valence electrons. The summed E-state index contributed by atoms with van der Waals surface area (Å²) in [6, 6.07) is 8.04. The van der Waals surface area contributed by atoms with Gasteiger partial charge in [-0.1, -0.05) is 23.8 Å². The number of benzene rings is 2. The first kappa shape index (κ1) is 14.2. The van der Waals surface area contributed by atoms with Crippen molar-refractivity contribution in [3.05, 3.63) is 70.5 Å². The molecule has 0 aliphatic carbocycles. The van der Waals surface area contributed by atoms with E-state index in [0.29, 0.717) is 18.2 Å². The van der Waals surface area contributed by atoms with Gasteiger partial charge in [0.05, 0.1) is 5.56 Å². The molecule has 0 saturated heterocycles. The van der Waals surface area contributed by atoms with E-state index in [9.17, 15) is 22.4 Å². The molecule has 0 fully saturated rings. The van der Waals surface area contributed by atoms with Crippen LogP contribution in [0.5, 0.6) is 0 Å². The van der Waals surface area contributed by atoms with E-state index < -0.39 is 28.9 Å². The van der Waals surface area contributed by atoms with Crippen LogP contribution in [0.1, 0.15) is 27.0 Å². The number of carbonyl (C=O) groups is 1. The van der Waals surface area contributed by atoms with E-state index in [1.54, 1.807) is 19.1 Å². The molecule has 0 aliphatic heterocycles. The number of hydrogen-bond acceptors (Lipinski definition) is 1. The SMILES string of the molecule is Cc1cccc(C(=O)c2cc(F)ccc2C(F)(F)F)c1. The van der Waals surface area contributed by atoms with E-state index >= 15 is 0 Å². The number of rotatable bonds is 2. The second kappa shape index (κ2) is 5.07. The highest BCUT2D eigenvalue weighted by atomic mass is 19.4. The number of ketones is 1. The van der Waals surface area contributed by atoms with E-state index in [-0.39, 0.29) is 5.56 Å². The molecule has 0 bridgehead atoms. The molecule has 0 atom stereocenters. The lowest BCUT2D eigenvalue weighted by atomic mass is 9.97. The van der Waals surface area contributed by atoms with Crippen LogP contribution < -0.4 is 0 Å². The average Bonchev–Trinajstić information content (AvgIpc) is 2.36. The van der Waals surface area contributed by atoms with Gasteiger partial charge in [-0.05, 0) is 31.2 Å². The minimum absolute atomic E-state index is 0.0982. The van der Waals surface area contributed by atoms with E-state index in [0.717, 1.165) is 5.56 Å². The molecule has 0 aliphatic rings. The Morgan fingerprint density at radius 1 is 1.05 bits per heavy atom. The second-order valence-corrected chi connectivity index (χ2v) is 4.39. The van der Waals surface area contributed by atoms with Gasteiger partial charge in [0.25, 0.3) is 0 Å². The zero-order valence-corrected chi connectivity index (χ0v) is 10.5. The largest absolute Gasteiger partial charge is 0.417 e. The molecular weight excluding hydrogens is 272 g/mol. The predicted octanol–water partition coefficient (Wildman–Crippen LogP) is 4.38. The molecule has 0 unspecified atom stereocenters. The maximum absolute atomic E-state index is 13.2. The highest BCUT2D eigenvalue weighted by Crippen LogP contribution is 2.33. The standard InChI is InChI=1S/C15H10F4O/c1-9-3-2-4-10(7-9)14(20)12-8-11(16)5-6-13(12)15(17,18)19/h2-8H,1H3. The number of alkyl halides is 3. The van der Waals surface area contributed by atoms with Crippen molar-refractivity contribution in [3.8, 4) is 0 Å². The van der Waals surface area contributed by atoms with E-state index in [4.69, 9.17) is 0 Å². The van der Waals surface area contributed by atoms with E-state index in [1.165, 1.54) is 12.1 Å². The van der Waals surface area contributed by atoms with Crippen molar-refractivity contribution in [2.24, 2.45) is 0 Å². The van der Waals surface area contributed by atoms with Gasteiger partial charge < -0.3 is 0 Å². The van der Waals surface area contributed by atoms with Crippen molar-refractivity contribution in [3.63, 3.8) is 0 Å². The van der Waals surface area contributed by atoms with Crippen molar-refractivity contribution < 1.29 is 22.4 Å². The summed E-state index contributed by atoms with van der Waals surface area (Å²) >= 11 is 0. The fraction of sp³-hybridized carbons (Fsp3) is 0.133. The summed E-state index contributed by atoms with van der Waals surface area (Å²) < 4.78 is 51.8. The fourth-order valence-electron chi connectivity index (χ4n) is 1.89. The Morgan fingerprint density at radius 2 is 1.75 bits per heavy atom. The third kappa shape index (κ3) is 2.87. The topological polar surface area (TPSA) is 17.1 Å². The van der Waals surface area contributed by atoms with Crippen LogP contribution in [0, 0.1) is 12.7 Å². The Kier molecular flexibility index (Phi) is 3.61. The quantitative estimate of drug-likeness (QED) is 0.590. The molecule has 0 aromatic heterocycles. The summed E-state index contributed by atoms with van der Waals surface area (Å²) in [4.78, 5) is 12.2. The number of carbonyl (C=O) groups excluding carboxylic acids is 1. The van der Waals surface area contributed by atoms with Crippen LogP contribution in [0.15, 0.2) is 42.5 Å². The predicted molar refractivity (Wildman–Crippen MR) is 66.0 cm³/mol. The monoisotopic (exact) mass is 282 g/mol. The first-order valence-electron chi connectivity index (χ1n) is 5.77. The van der Waals surface area contributed by atoms with Gasteiger partial charge >= 0.3 is 6.18 Å². The Labute approximate surface area is 112 Å². The van der Waals surface area contributed by atoms with Crippen molar-refractivity contribution in [2.75, 3.05) is 0 Å². The maximum atomic E-state index is 13.2. The van der Waals surface area contributed by atoms with Gasteiger partial charge in [0.1, 0.15) is 5.82 Å². The van der Waals surface area contributed by atoms with Gasteiger partial charge in [0, 0.05) is 11.1 Å². The summed E-state index contributed by atoms with van der Waals surface area (Å²) in [6.07, 6.45) is -4.71. The van der Waals surface area contributed by atoms with Gasteiger partial charge in [-0.2, -0.15) is 13.2 Å². The zero-order valence-electron chi connectivity index (χ0n) is 10.5. The van der Waals surface area contributed by atoms with Gasteiger partial charge in [0.2, 0.25) is 0 Å². The molecule has 0 N–H and O–H groups in total. The first-order valence-corrected chi connectivity index (χ1v) is 5.77. The zero-order chi connectivity index (χ0) is 14.9. The van der Waals surface area contributed by atoms with Crippen molar-refractivity contribution in [1.29, 1.82) is 0 Å². The first-order chi connectivity index (χ1) is 9.29. The Balaban J connectivity index is 2.57. The van der Waals surface area contributed by atoms with Crippen molar-refractivity contribution in [1.82, 2.24) is 0 Å². The Bertz CT molecular complexity index is 659. The van der Waals surface area contributed by atoms with Crippen LogP contribution in [0.25, 0.3) is 0 Å². The molecule has 2 rings (SSSR count). The summed E-state index contributed by atoms with van der Waals surface area (Å²) in [5.41, 5.74) is -0.976. The molecule has 0 saturated carbocycles. The molecule has 0 heterocycles. The highest BCUT2D eigenvalue weighted by molar-refractivity contribution is 6.10. The molecule has 2 aromatic carbocycles. The minimum Gasteiger partial charge on any atom is -0.289 e. The second-order valence-electron chi connectivity index (χ2n) is 4.39. The van der Waals surface area contributed by atoms with E-state index in [2.05, 4.69) is 0 Å². The Morgan fingerprint density at radius 3 is 2.35 bits per heavy atom. The van der Waals surface area contributed by atoms with Gasteiger partial charge in [0.15, 0.2) is 5.78 Å². The number of aryl methyl sites for hydroxylation is 1. The smallest absolute Gasteiger partial charge is 0.289 e. The summed E-state index contributed by atoms with van der Waals surface area (Å²) in [7, 11) is 0. The number of halogens is 4. The molecule has 0 spiro atoms. The summed E-state index contributed by atoms with van der Waals surface area (Å²) in [6.45, 7) is 1.72. The molecule has 0 radical (unpaired) electrons. The molecule has 2 aromatic rings. The van der Waals surface area contributed by atoms with E-state index in [1.807, 2.05) is 0 Å².